The smallest absolute Gasteiger partial charge is 0.191 e. The van der Waals surface area contributed by atoms with Gasteiger partial charge in [-0.05, 0) is 19.1 Å². The first-order valence-electron chi connectivity index (χ1n) is 10.1. The summed E-state index contributed by atoms with van der Waals surface area (Å²) >= 11 is 2.05. The average molecular weight is 523 g/mol. The maximum atomic E-state index is 5.55. The highest BCUT2D eigenvalue weighted by atomic mass is 127. The predicted octanol–water partition coefficient (Wildman–Crippen LogP) is 1.22. The molecule has 0 saturated carbocycles. The Morgan fingerprint density at radius 2 is 2.14 bits per heavy atom. The third-order valence-electron chi connectivity index (χ3n) is 5.30. The van der Waals surface area contributed by atoms with Crippen LogP contribution in [0.1, 0.15) is 26.1 Å². The van der Waals surface area contributed by atoms with Gasteiger partial charge in [-0.15, -0.1) is 34.2 Å². The maximum Gasteiger partial charge on any atom is 0.191 e. The fourth-order valence-corrected chi connectivity index (χ4v) is 5.18. The van der Waals surface area contributed by atoms with Crippen molar-refractivity contribution in [2.75, 3.05) is 57.4 Å². The first kappa shape index (κ1) is 23.7. The maximum absolute atomic E-state index is 5.55. The van der Waals surface area contributed by atoms with Gasteiger partial charge in [-0.25, -0.2) is 0 Å². The molecule has 1 atom stereocenters. The summed E-state index contributed by atoms with van der Waals surface area (Å²) in [4.78, 5) is 7.57. The first-order valence-corrected chi connectivity index (χ1v) is 11.2. The number of ether oxygens (including phenoxy) is 1. The van der Waals surface area contributed by atoms with Crippen molar-refractivity contribution < 1.29 is 4.74 Å². The number of aliphatic imine (C=N–C) groups is 1. The summed E-state index contributed by atoms with van der Waals surface area (Å²) < 4.78 is 7.65. The number of aromatic nitrogens is 3. The Morgan fingerprint density at radius 3 is 2.82 bits per heavy atom. The summed E-state index contributed by atoms with van der Waals surface area (Å²) in [5.74, 6) is 4.31. The van der Waals surface area contributed by atoms with Gasteiger partial charge in [0, 0.05) is 44.9 Å². The second-order valence-corrected chi connectivity index (χ2v) is 8.15. The van der Waals surface area contributed by atoms with Crippen molar-refractivity contribution in [3.8, 4) is 0 Å². The minimum absolute atomic E-state index is 0. The number of hydrogen-bond acceptors (Lipinski definition) is 6. The summed E-state index contributed by atoms with van der Waals surface area (Å²) in [6.07, 6.45) is 3.91. The van der Waals surface area contributed by atoms with E-state index >= 15 is 0 Å². The molecule has 1 unspecified atom stereocenters. The van der Waals surface area contributed by atoms with Crippen LogP contribution in [0.15, 0.2) is 11.3 Å². The van der Waals surface area contributed by atoms with E-state index in [0.29, 0.717) is 0 Å². The zero-order valence-corrected chi connectivity index (χ0v) is 20.2. The summed E-state index contributed by atoms with van der Waals surface area (Å²) in [7, 11) is 0. The molecular weight excluding hydrogens is 489 g/mol. The van der Waals surface area contributed by atoms with Crippen LogP contribution in [0.25, 0.3) is 0 Å². The third kappa shape index (κ3) is 6.20. The Hall–Kier alpha value is -0.590. The molecule has 10 heteroatoms. The highest BCUT2D eigenvalue weighted by Gasteiger charge is 2.40. The number of nitrogens with one attached hydrogen (secondary N) is 2. The van der Waals surface area contributed by atoms with Gasteiger partial charge < -0.3 is 19.9 Å². The average Bonchev–Trinajstić information content (AvgIpc) is 3.37. The molecule has 3 rings (SSSR count). The Bertz CT molecular complexity index is 601. The SMILES string of the molecule is CCNC(=NCC1(N2CCOCC2)CCSC1)NCCn1cnnc1CC.I. The molecular formula is C18H34IN7OS. The monoisotopic (exact) mass is 523 g/mol. The molecule has 2 fully saturated rings. The van der Waals surface area contributed by atoms with E-state index in [1.54, 1.807) is 6.33 Å². The molecule has 0 aromatic carbocycles. The molecule has 0 aliphatic carbocycles. The minimum atomic E-state index is 0. The van der Waals surface area contributed by atoms with Crippen molar-refractivity contribution >= 4 is 41.7 Å². The largest absolute Gasteiger partial charge is 0.379 e. The predicted molar refractivity (Wildman–Crippen MR) is 126 cm³/mol. The fourth-order valence-electron chi connectivity index (χ4n) is 3.71. The van der Waals surface area contributed by atoms with Crippen LogP contribution in [0.2, 0.25) is 0 Å². The lowest BCUT2D eigenvalue weighted by Gasteiger charge is -2.42. The molecule has 2 aliphatic rings. The minimum Gasteiger partial charge on any atom is -0.379 e. The third-order valence-corrected chi connectivity index (χ3v) is 6.53. The van der Waals surface area contributed by atoms with Crippen LogP contribution in [0.5, 0.6) is 0 Å². The van der Waals surface area contributed by atoms with Crippen molar-refractivity contribution in [3.63, 3.8) is 0 Å². The van der Waals surface area contributed by atoms with Gasteiger partial charge in [0.1, 0.15) is 12.2 Å². The number of thioether (sulfide) groups is 1. The lowest BCUT2D eigenvalue weighted by Crippen LogP contribution is -2.56. The second kappa shape index (κ2) is 12.2. The quantitative estimate of drug-likeness (QED) is 0.302. The van der Waals surface area contributed by atoms with Crippen LogP contribution >= 0.6 is 35.7 Å². The summed E-state index contributed by atoms with van der Waals surface area (Å²) in [6, 6.07) is 0. The molecule has 1 aromatic rings. The number of halogens is 1. The molecule has 0 bridgehead atoms. The van der Waals surface area contributed by atoms with Gasteiger partial charge in [0.25, 0.3) is 0 Å². The fraction of sp³-hybridized carbons (Fsp3) is 0.833. The second-order valence-electron chi connectivity index (χ2n) is 7.04. The molecule has 28 heavy (non-hydrogen) atoms. The Kier molecular flexibility index (Phi) is 10.3. The van der Waals surface area contributed by atoms with Crippen molar-refractivity contribution in [1.29, 1.82) is 0 Å². The van der Waals surface area contributed by atoms with Gasteiger partial charge in [-0.1, -0.05) is 6.92 Å². The molecule has 160 valence electrons. The van der Waals surface area contributed by atoms with Gasteiger partial charge >= 0.3 is 0 Å². The molecule has 1 aromatic heterocycles. The van der Waals surface area contributed by atoms with Gasteiger partial charge in [0.2, 0.25) is 0 Å². The van der Waals surface area contributed by atoms with Crippen LogP contribution in [0, 0.1) is 0 Å². The van der Waals surface area contributed by atoms with E-state index in [2.05, 4.69) is 55.9 Å². The lowest BCUT2D eigenvalue weighted by atomic mass is 9.96. The molecule has 2 N–H and O–H groups in total. The summed E-state index contributed by atoms with van der Waals surface area (Å²) in [5, 5.41) is 15.0. The molecule has 0 radical (unpaired) electrons. The Morgan fingerprint density at radius 1 is 1.32 bits per heavy atom. The molecule has 2 aliphatic heterocycles. The van der Waals surface area contributed by atoms with Gasteiger partial charge in [-0.3, -0.25) is 9.89 Å². The van der Waals surface area contributed by atoms with E-state index in [4.69, 9.17) is 9.73 Å². The number of rotatable bonds is 8. The van der Waals surface area contributed by atoms with Crippen molar-refractivity contribution in [1.82, 2.24) is 30.3 Å². The van der Waals surface area contributed by atoms with Crippen LogP contribution in [0.4, 0.5) is 0 Å². The van der Waals surface area contributed by atoms with Gasteiger partial charge in [0.15, 0.2) is 5.96 Å². The van der Waals surface area contributed by atoms with Crippen molar-refractivity contribution in [2.45, 2.75) is 38.8 Å². The zero-order valence-electron chi connectivity index (χ0n) is 17.0. The van der Waals surface area contributed by atoms with Crippen LogP contribution < -0.4 is 10.6 Å². The number of guanidine groups is 1. The van der Waals surface area contributed by atoms with Gasteiger partial charge in [-0.2, -0.15) is 11.8 Å². The van der Waals surface area contributed by atoms with Crippen molar-refractivity contribution in [3.05, 3.63) is 12.2 Å². The molecule has 3 heterocycles. The Balaban J connectivity index is 0.00000280. The van der Waals surface area contributed by atoms with Crippen LogP contribution in [0.3, 0.4) is 0 Å². The van der Waals surface area contributed by atoms with E-state index in [0.717, 1.165) is 76.4 Å². The lowest BCUT2D eigenvalue weighted by molar-refractivity contribution is -0.0104. The molecule has 2 saturated heterocycles. The van der Waals surface area contributed by atoms with Gasteiger partial charge in [0.05, 0.1) is 25.3 Å². The van der Waals surface area contributed by atoms with E-state index in [9.17, 15) is 0 Å². The summed E-state index contributed by atoms with van der Waals surface area (Å²) in [5.41, 5.74) is 0.181. The standard InChI is InChI=1S/C18H33N7OS.HI/c1-3-16-23-22-15-24(16)7-6-20-17(19-4-2)21-13-18(5-12-27-14-18)25-8-10-26-11-9-25;/h15H,3-14H2,1-2H3,(H2,19,20,21);1H. The molecule has 8 nitrogen and oxygen atoms in total. The van der Waals surface area contributed by atoms with Crippen LogP contribution in [-0.2, 0) is 17.7 Å². The topological polar surface area (TPSA) is 79.6 Å². The number of hydrogen-bond donors (Lipinski definition) is 2. The Labute approximate surface area is 189 Å². The van der Waals surface area contributed by atoms with E-state index in [1.165, 1.54) is 12.2 Å². The normalized spacial score (nSPS) is 23.4. The highest BCUT2D eigenvalue weighted by Crippen LogP contribution is 2.34. The highest BCUT2D eigenvalue weighted by molar-refractivity contribution is 14.0. The number of aryl methyl sites for hydroxylation is 1. The molecule has 0 spiro atoms. The molecule has 0 amide bonds. The number of morpholine rings is 1. The summed E-state index contributed by atoms with van der Waals surface area (Å²) in [6.45, 7) is 11.3. The first-order chi connectivity index (χ1) is 13.3. The van der Waals surface area contributed by atoms with E-state index in [1.807, 2.05) is 0 Å². The number of nitrogens with zero attached hydrogens (tertiary/aromatic N) is 5. The zero-order chi connectivity index (χ0) is 19.0. The van der Waals surface area contributed by atoms with E-state index in [-0.39, 0.29) is 29.5 Å². The van der Waals surface area contributed by atoms with Crippen LogP contribution in [-0.4, -0.2) is 88.6 Å². The van der Waals surface area contributed by atoms with E-state index < -0.39 is 0 Å². The van der Waals surface area contributed by atoms with Crippen molar-refractivity contribution in [2.24, 2.45) is 4.99 Å².